The van der Waals surface area contributed by atoms with E-state index in [4.69, 9.17) is 5.73 Å². The molecule has 0 fully saturated rings. The van der Waals surface area contributed by atoms with Crippen LogP contribution in [0.4, 0.5) is 0 Å². The Morgan fingerprint density at radius 3 is 2.89 bits per heavy atom. The fourth-order valence-corrected chi connectivity index (χ4v) is 2.55. The van der Waals surface area contributed by atoms with Gasteiger partial charge in [-0.05, 0) is 6.07 Å². The van der Waals surface area contributed by atoms with Crippen molar-refractivity contribution in [2.75, 3.05) is 0 Å². The monoisotopic (exact) mass is 269 g/mol. The molecular formula is C10H15N5O2S. The maximum absolute atomic E-state index is 11.9. The molecule has 0 aromatic carbocycles. The standard InChI is InChI=1S/C10H15N5O2S/c1-15-7-8(4-13-15)5-14-18(16,17)10-2-9(3-11)12-6-10/h2,4,6-7,12,14H,3,5,11H2,1H3. The molecular weight excluding hydrogens is 254 g/mol. The summed E-state index contributed by atoms with van der Waals surface area (Å²) in [5, 5.41) is 3.97. The van der Waals surface area contributed by atoms with E-state index in [9.17, 15) is 8.42 Å². The van der Waals surface area contributed by atoms with Gasteiger partial charge in [-0.25, -0.2) is 13.1 Å². The normalized spacial score (nSPS) is 11.9. The molecule has 0 radical (unpaired) electrons. The molecule has 7 nitrogen and oxygen atoms in total. The van der Waals surface area contributed by atoms with Gasteiger partial charge in [0, 0.05) is 43.8 Å². The molecule has 2 heterocycles. The van der Waals surface area contributed by atoms with Crippen LogP contribution in [-0.4, -0.2) is 23.2 Å². The highest BCUT2D eigenvalue weighted by Crippen LogP contribution is 2.10. The second-order valence-corrected chi connectivity index (χ2v) is 5.68. The molecule has 0 saturated carbocycles. The lowest BCUT2D eigenvalue weighted by molar-refractivity contribution is 0.581. The van der Waals surface area contributed by atoms with Gasteiger partial charge in [-0.15, -0.1) is 0 Å². The minimum absolute atomic E-state index is 0.187. The number of aromatic nitrogens is 3. The molecule has 0 amide bonds. The van der Waals surface area contributed by atoms with Gasteiger partial charge in [0.05, 0.1) is 11.1 Å². The predicted molar refractivity (Wildman–Crippen MR) is 65.9 cm³/mol. The van der Waals surface area contributed by atoms with Crippen molar-refractivity contribution in [3.8, 4) is 0 Å². The Hall–Kier alpha value is -1.64. The van der Waals surface area contributed by atoms with Crippen molar-refractivity contribution >= 4 is 10.0 Å². The number of aryl methyl sites for hydroxylation is 1. The summed E-state index contributed by atoms with van der Waals surface area (Å²) in [4.78, 5) is 2.99. The van der Waals surface area contributed by atoms with E-state index in [1.807, 2.05) is 0 Å². The molecule has 2 aromatic heterocycles. The molecule has 0 aliphatic heterocycles. The molecule has 2 rings (SSSR count). The second-order valence-electron chi connectivity index (χ2n) is 3.91. The zero-order valence-electron chi connectivity index (χ0n) is 9.92. The molecule has 0 bridgehead atoms. The smallest absolute Gasteiger partial charge is 0.242 e. The summed E-state index contributed by atoms with van der Waals surface area (Å²) < 4.78 is 28.0. The minimum Gasteiger partial charge on any atom is -0.363 e. The van der Waals surface area contributed by atoms with Crippen molar-refractivity contribution in [1.29, 1.82) is 0 Å². The lowest BCUT2D eigenvalue weighted by atomic mass is 10.4. The zero-order valence-corrected chi connectivity index (χ0v) is 10.7. The van der Waals surface area contributed by atoms with Crippen LogP contribution in [0, 0.1) is 0 Å². The highest BCUT2D eigenvalue weighted by molar-refractivity contribution is 7.89. The van der Waals surface area contributed by atoms with Gasteiger partial charge >= 0.3 is 0 Å². The Balaban J connectivity index is 2.07. The molecule has 0 aliphatic rings. The highest BCUT2D eigenvalue weighted by atomic mass is 32.2. The number of hydrogen-bond acceptors (Lipinski definition) is 4. The SMILES string of the molecule is Cn1cc(CNS(=O)(=O)c2c[nH]c(CN)c2)cn1. The Bertz CT molecular complexity index is 628. The van der Waals surface area contributed by atoms with Gasteiger partial charge in [0.15, 0.2) is 0 Å². The first-order valence-electron chi connectivity index (χ1n) is 5.36. The largest absolute Gasteiger partial charge is 0.363 e. The Kier molecular flexibility index (Phi) is 3.50. The fraction of sp³-hybridized carbons (Fsp3) is 0.300. The Labute approximate surface area is 105 Å². The van der Waals surface area contributed by atoms with Crippen LogP contribution in [-0.2, 0) is 30.2 Å². The number of nitrogens with two attached hydrogens (primary N) is 1. The molecule has 0 aliphatic carbocycles. The number of H-pyrrole nitrogens is 1. The third-order valence-electron chi connectivity index (χ3n) is 2.47. The Morgan fingerprint density at radius 2 is 2.33 bits per heavy atom. The molecule has 18 heavy (non-hydrogen) atoms. The van der Waals surface area contributed by atoms with E-state index in [0.717, 1.165) is 5.56 Å². The zero-order chi connectivity index (χ0) is 13.2. The van der Waals surface area contributed by atoms with Crippen molar-refractivity contribution in [3.63, 3.8) is 0 Å². The van der Waals surface area contributed by atoms with Gasteiger partial charge in [-0.3, -0.25) is 4.68 Å². The van der Waals surface area contributed by atoms with E-state index in [-0.39, 0.29) is 18.0 Å². The van der Waals surface area contributed by atoms with E-state index in [1.165, 1.54) is 12.3 Å². The summed E-state index contributed by atoms with van der Waals surface area (Å²) in [6.07, 6.45) is 4.80. The average Bonchev–Trinajstić information content (AvgIpc) is 2.95. The highest BCUT2D eigenvalue weighted by Gasteiger charge is 2.15. The van der Waals surface area contributed by atoms with E-state index in [0.29, 0.717) is 5.69 Å². The maximum atomic E-state index is 11.9. The van der Waals surface area contributed by atoms with E-state index < -0.39 is 10.0 Å². The summed E-state index contributed by atoms with van der Waals surface area (Å²) in [5.41, 5.74) is 6.90. The van der Waals surface area contributed by atoms with Crippen LogP contribution in [0.2, 0.25) is 0 Å². The van der Waals surface area contributed by atoms with E-state index in [2.05, 4.69) is 14.8 Å². The first-order chi connectivity index (χ1) is 8.51. The third kappa shape index (κ3) is 2.78. The van der Waals surface area contributed by atoms with Crippen LogP contribution in [0.3, 0.4) is 0 Å². The van der Waals surface area contributed by atoms with Gasteiger partial charge in [0.1, 0.15) is 0 Å². The van der Waals surface area contributed by atoms with Crippen LogP contribution >= 0.6 is 0 Å². The number of sulfonamides is 1. The van der Waals surface area contributed by atoms with Gasteiger partial charge in [-0.2, -0.15) is 5.10 Å². The average molecular weight is 269 g/mol. The molecule has 4 N–H and O–H groups in total. The number of nitrogens with zero attached hydrogens (tertiary/aromatic N) is 2. The van der Waals surface area contributed by atoms with Gasteiger partial charge in [-0.1, -0.05) is 0 Å². The molecule has 8 heteroatoms. The summed E-state index contributed by atoms with van der Waals surface area (Å²) in [7, 11) is -1.74. The summed E-state index contributed by atoms with van der Waals surface area (Å²) in [5.74, 6) is 0. The van der Waals surface area contributed by atoms with Crippen LogP contribution in [0.25, 0.3) is 0 Å². The lowest BCUT2D eigenvalue weighted by Gasteiger charge is -2.02. The Morgan fingerprint density at radius 1 is 1.56 bits per heavy atom. The van der Waals surface area contributed by atoms with E-state index in [1.54, 1.807) is 24.1 Å². The van der Waals surface area contributed by atoms with Gasteiger partial charge in [0.25, 0.3) is 0 Å². The number of aromatic amines is 1. The van der Waals surface area contributed by atoms with Crippen molar-refractivity contribution in [1.82, 2.24) is 19.5 Å². The maximum Gasteiger partial charge on any atom is 0.242 e. The number of nitrogens with one attached hydrogen (secondary N) is 2. The van der Waals surface area contributed by atoms with Crippen LogP contribution in [0.15, 0.2) is 29.6 Å². The third-order valence-corrected chi connectivity index (χ3v) is 3.85. The molecule has 0 unspecified atom stereocenters. The van der Waals surface area contributed by atoms with E-state index >= 15 is 0 Å². The number of hydrogen-bond donors (Lipinski definition) is 3. The lowest BCUT2D eigenvalue weighted by Crippen LogP contribution is -2.22. The van der Waals surface area contributed by atoms with Crippen molar-refractivity contribution in [2.24, 2.45) is 12.8 Å². The molecule has 2 aromatic rings. The van der Waals surface area contributed by atoms with Crippen molar-refractivity contribution in [2.45, 2.75) is 18.0 Å². The first-order valence-corrected chi connectivity index (χ1v) is 6.84. The summed E-state index contributed by atoms with van der Waals surface area (Å²) >= 11 is 0. The van der Waals surface area contributed by atoms with Crippen LogP contribution < -0.4 is 10.5 Å². The predicted octanol–water partition coefficient (Wildman–Crippen LogP) is -0.315. The minimum atomic E-state index is -3.51. The summed E-state index contributed by atoms with van der Waals surface area (Å²) in [6, 6.07) is 1.52. The quantitative estimate of drug-likeness (QED) is 0.692. The molecule has 0 spiro atoms. The van der Waals surface area contributed by atoms with Gasteiger partial charge < -0.3 is 10.7 Å². The molecule has 0 saturated heterocycles. The van der Waals surface area contributed by atoms with Crippen molar-refractivity contribution < 1.29 is 8.42 Å². The topological polar surface area (TPSA) is 106 Å². The molecule has 0 atom stereocenters. The number of rotatable bonds is 5. The second kappa shape index (κ2) is 4.92. The molecule has 98 valence electrons. The summed E-state index contributed by atoms with van der Waals surface area (Å²) in [6.45, 7) is 0.484. The van der Waals surface area contributed by atoms with Crippen LogP contribution in [0.5, 0.6) is 0 Å². The van der Waals surface area contributed by atoms with Crippen LogP contribution in [0.1, 0.15) is 11.3 Å². The first kappa shape index (κ1) is 12.8. The van der Waals surface area contributed by atoms with Crippen molar-refractivity contribution in [3.05, 3.63) is 35.9 Å². The fourth-order valence-electron chi connectivity index (χ4n) is 1.52. The van der Waals surface area contributed by atoms with Gasteiger partial charge in [0.2, 0.25) is 10.0 Å².